The van der Waals surface area contributed by atoms with Gasteiger partial charge in [0.25, 0.3) is 0 Å². The fourth-order valence-electron chi connectivity index (χ4n) is 2.11. The Morgan fingerprint density at radius 2 is 1.84 bits per heavy atom. The number of likely N-dealkylation sites (N-methyl/N-ethyl adjacent to an activating group) is 1. The molecule has 0 aliphatic carbocycles. The van der Waals surface area contributed by atoms with Crippen LogP contribution in [-0.4, -0.2) is 38.5 Å². The quantitative estimate of drug-likeness (QED) is 0.784. The number of nitrogens with one attached hydrogen (secondary N) is 1. The molecule has 0 radical (unpaired) electrons. The van der Waals surface area contributed by atoms with Gasteiger partial charge in [-0.2, -0.15) is 9.57 Å². The molecule has 8 heteroatoms. The van der Waals surface area contributed by atoms with Crippen LogP contribution in [0.5, 0.6) is 0 Å². The smallest absolute Gasteiger partial charge is 0.243 e. The lowest BCUT2D eigenvalue weighted by Crippen LogP contribution is -2.35. The minimum Gasteiger partial charge on any atom is -0.324 e. The van der Waals surface area contributed by atoms with Crippen LogP contribution in [0, 0.1) is 11.3 Å². The summed E-state index contributed by atoms with van der Waals surface area (Å²) in [5.41, 5.74) is 1.01. The summed E-state index contributed by atoms with van der Waals surface area (Å²) in [6.07, 6.45) is 1.90. The van der Waals surface area contributed by atoms with Gasteiger partial charge in [0, 0.05) is 11.9 Å². The van der Waals surface area contributed by atoms with Crippen molar-refractivity contribution in [3.05, 3.63) is 54.1 Å². The molecule has 0 aliphatic heterocycles. The molecule has 0 atom stereocenters. The van der Waals surface area contributed by atoms with E-state index in [0.29, 0.717) is 11.3 Å². The Morgan fingerprint density at radius 1 is 1.20 bits per heavy atom. The monoisotopic (exact) mass is 375 g/mol. The van der Waals surface area contributed by atoms with Crippen molar-refractivity contribution in [3.8, 4) is 6.07 Å². The van der Waals surface area contributed by atoms with Gasteiger partial charge in [-0.15, -0.1) is 11.8 Å². The molecule has 25 heavy (non-hydrogen) atoms. The van der Waals surface area contributed by atoms with Gasteiger partial charge in [-0.1, -0.05) is 12.1 Å². The molecule has 2 rings (SSSR count). The van der Waals surface area contributed by atoms with E-state index in [1.807, 2.05) is 24.5 Å². The number of anilines is 1. The zero-order valence-electron chi connectivity index (χ0n) is 13.8. The van der Waals surface area contributed by atoms with Gasteiger partial charge in [0.05, 0.1) is 28.8 Å². The number of carbonyl (C=O) groups is 1. The molecule has 1 N–H and O–H groups in total. The Kier molecular flexibility index (Phi) is 6.20. The molecule has 6 nitrogen and oxygen atoms in total. The van der Waals surface area contributed by atoms with Crippen LogP contribution < -0.4 is 5.32 Å². The maximum absolute atomic E-state index is 12.5. The second-order valence-electron chi connectivity index (χ2n) is 5.15. The van der Waals surface area contributed by atoms with Gasteiger partial charge in [-0.25, -0.2) is 8.42 Å². The van der Waals surface area contributed by atoms with E-state index in [-0.39, 0.29) is 11.4 Å². The van der Waals surface area contributed by atoms with Gasteiger partial charge in [0.1, 0.15) is 0 Å². The van der Waals surface area contributed by atoms with Crippen LogP contribution in [-0.2, 0) is 14.8 Å². The van der Waals surface area contributed by atoms with E-state index in [0.717, 1.165) is 9.20 Å². The highest BCUT2D eigenvalue weighted by Gasteiger charge is 2.23. The Balaban J connectivity index is 2.10. The first kappa shape index (κ1) is 19.0. The van der Waals surface area contributed by atoms with Crippen molar-refractivity contribution in [2.45, 2.75) is 9.79 Å². The fraction of sp³-hybridized carbons (Fsp3) is 0.176. The van der Waals surface area contributed by atoms with Crippen LogP contribution in [0.1, 0.15) is 5.56 Å². The summed E-state index contributed by atoms with van der Waals surface area (Å²) in [4.78, 5) is 13.1. The van der Waals surface area contributed by atoms with E-state index in [1.165, 1.54) is 43.1 Å². The third-order valence-electron chi connectivity index (χ3n) is 3.44. The van der Waals surface area contributed by atoms with Gasteiger partial charge >= 0.3 is 0 Å². The Labute approximate surface area is 151 Å². The number of nitrogens with zero attached hydrogens (tertiary/aromatic N) is 2. The molecule has 2 aromatic carbocycles. The first-order chi connectivity index (χ1) is 11.9. The summed E-state index contributed by atoms with van der Waals surface area (Å²) in [7, 11) is -2.47. The van der Waals surface area contributed by atoms with E-state index in [9.17, 15) is 13.2 Å². The van der Waals surface area contributed by atoms with Gasteiger partial charge in [-0.3, -0.25) is 4.79 Å². The summed E-state index contributed by atoms with van der Waals surface area (Å²) < 4.78 is 26.0. The molecule has 0 saturated carbocycles. The standard InChI is InChI=1S/C17H17N3O3S2/c1-20(25(22,23)14-9-7-13(11-18)8-10-14)12-17(21)19-15-5-3-4-6-16(15)24-2/h3-10H,12H2,1-2H3,(H,19,21). The lowest BCUT2D eigenvalue weighted by Gasteiger charge is -2.17. The number of nitriles is 1. The molecule has 0 aromatic heterocycles. The molecule has 130 valence electrons. The third-order valence-corrected chi connectivity index (χ3v) is 6.05. The van der Waals surface area contributed by atoms with Crippen molar-refractivity contribution >= 4 is 33.4 Å². The lowest BCUT2D eigenvalue weighted by molar-refractivity contribution is -0.116. The van der Waals surface area contributed by atoms with Crippen LogP contribution in [0.2, 0.25) is 0 Å². The molecule has 2 aromatic rings. The minimum absolute atomic E-state index is 0.0336. The Morgan fingerprint density at radius 3 is 2.44 bits per heavy atom. The topological polar surface area (TPSA) is 90.3 Å². The SMILES string of the molecule is CSc1ccccc1NC(=O)CN(C)S(=O)(=O)c1ccc(C#N)cc1. The number of benzene rings is 2. The Bertz CT molecular complexity index is 903. The number of hydrogen-bond acceptors (Lipinski definition) is 5. The highest BCUT2D eigenvalue weighted by atomic mass is 32.2. The molecule has 0 aliphatic rings. The molecule has 0 spiro atoms. The molecule has 0 unspecified atom stereocenters. The highest BCUT2D eigenvalue weighted by Crippen LogP contribution is 2.24. The van der Waals surface area contributed by atoms with Gasteiger partial charge in [0.2, 0.25) is 15.9 Å². The van der Waals surface area contributed by atoms with E-state index in [4.69, 9.17) is 5.26 Å². The minimum atomic E-state index is -3.81. The van der Waals surface area contributed by atoms with Crippen molar-refractivity contribution < 1.29 is 13.2 Å². The third kappa shape index (κ3) is 4.60. The predicted molar refractivity (Wildman–Crippen MR) is 97.8 cm³/mol. The predicted octanol–water partition coefficient (Wildman–Crippen LogP) is 2.54. The van der Waals surface area contributed by atoms with Crippen molar-refractivity contribution in [1.29, 1.82) is 5.26 Å². The van der Waals surface area contributed by atoms with Gasteiger partial charge < -0.3 is 5.32 Å². The number of rotatable bonds is 6. The normalized spacial score (nSPS) is 11.1. The van der Waals surface area contributed by atoms with Gasteiger partial charge in [-0.05, 0) is 42.7 Å². The maximum Gasteiger partial charge on any atom is 0.243 e. The number of para-hydroxylation sites is 1. The summed E-state index contributed by atoms with van der Waals surface area (Å²) >= 11 is 1.49. The van der Waals surface area contributed by atoms with Crippen molar-refractivity contribution in [2.24, 2.45) is 0 Å². The van der Waals surface area contributed by atoms with Crippen LogP contribution >= 0.6 is 11.8 Å². The molecular formula is C17H17N3O3S2. The van der Waals surface area contributed by atoms with E-state index >= 15 is 0 Å². The molecule has 0 saturated heterocycles. The van der Waals surface area contributed by atoms with Crippen molar-refractivity contribution in [3.63, 3.8) is 0 Å². The number of amides is 1. The molecule has 0 bridgehead atoms. The average molecular weight is 375 g/mol. The second kappa shape index (κ2) is 8.16. The molecular weight excluding hydrogens is 358 g/mol. The van der Waals surface area contributed by atoms with Gasteiger partial charge in [0.15, 0.2) is 0 Å². The zero-order chi connectivity index (χ0) is 18.4. The maximum atomic E-state index is 12.5. The van der Waals surface area contributed by atoms with Crippen LogP contribution in [0.25, 0.3) is 0 Å². The van der Waals surface area contributed by atoms with E-state index < -0.39 is 15.9 Å². The van der Waals surface area contributed by atoms with E-state index in [1.54, 1.807) is 12.1 Å². The highest BCUT2D eigenvalue weighted by molar-refractivity contribution is 7.98. The first-order valence-electron chi connectivity index (χ1n) is 7.28. The first-order valence-corrected chi connectivity index (χ1v) is 9.94. The summed E-state index contributed by atoms with van der Waals surface area (Å²) in [5.74, 6) is -0.429. The molecule has 1 amide bonds. The fourth-order valence-corrected chi connectivity index (χ4v) is 3.79. The summed E-state index contributed by atoms with van der Waals surface area (Å²) in [5, 5.41) is 11.5. The van der Waals surface area contributed by atoms with Crippen LogP contribution in [0.15, 0.2) is 58.3 Å². The average Bonchev–Trinajstić information content (AvgIpc) is 2.62. The summed E-state index contributed by atoms with van der Waals surface area (Å²) in [6.45, 7) is -0.314. The number of carbonyl (C=O) groups excluding carboxylic acids is 1. The van der Waals surface area contributed by atoms with Crippen molar-refractivity contribution in [1.82, 2.24) is 4.31 Å². The second-order valence-corrected chi connectivity index (χ2v) is 8.04. The van der Waals surface area contributed by atoms with Crippen LogP contribution in [0.4, 0.5) is 5.69 Å². The molecule has 0 fully saturated rings. The number of hydrogen-bond donors (Lipinski definition) is 1. The summed E-state index contributed by atoms with van der Waals surface area (Å²) in [6, 6.07) is 14.8. The number of sulfonamides is 1. The van der Waals surface area contributed by atoms with Crippen LogP contribution in [0.3, 0.4) is 0 Å². The largest absolute Gasteiger partial charge is 0.324 e. The molecule has 0 heterocycles. The van der Waals surface area contributed by atoms with Crippen molar-refractivity contribution in [2.75, 3.05) is 25.2 Å². The zero-order valence-corrected chi connectivity index (χ0v) is 15.4. The Hall–Kier alpha value is -2.34. The lowest BCUT2D eigenvalue weighted by atomic mass is 10.2. The van der Waals surface area contributed by atoms with E-state index in [2.05, 4.69) is 5.32 Å². The number of thioether (sulfide) groups is 1.